The minimum absolute atomic E-state index is 0.152. The first-order valence-corrected chi connectivity index (χ1v) is 10.7. The van der Waals surface area contributed by atoms with Crippen molar-refractivity contribution in [3.63, 3.8) is 0 Å². The lowest BCUT2D eigenvalue weighted by Crippen LogP contribution is -2.46. The molecule has 0 bridgehead atoms. The minimum Gasteiger partial charge on any atom is -0.390 e. The normalized spacial score (nSPS) is 15.2. The van der Waals surface area contributed by atoms with Gasteiger partial charge in [0.2, 0.25) is 0 Å². The van der Waals surface area contributed by atoms with Gasteiger partial charge in [-0.15, -0.1) is 0 Å². The molecule has 0 spiro atoms. The Morgan fingerprint density at radius 3 is 0.893 bits per heavy atom. The number of aliphatic hydroxyl groups is 5. The largest absolute Gasteiger partial charge is 0.390 e. The lowest BCUT2D eigenvalue weighted by atomic mass is 9.71. The summed E-state index contributed by atoms with van der Waals surface area (Å²) >= 11 is 0. The van der Waals surface area contributed by atoms with E-state index in [1.165, 1.54) is 0 Å². The van der Waals surface area contributed by atoms with E-state index in [0.717, 1.165) is 12.8 Å². The maximum atomic E-state index is 10.5. The topological polar surface area (TPSA) is 101 Å². The summed E-state index contributed by atoms with van der Waals surface area (Å²) in [5, 5.41) is 52.4. The van der Waals surface area contributed by atoms with Crippen molar-refractivity contribution in [1.82, 2.24) is 0 Å². The summed E-state index contributed by atoms with van der Waals surface area (Å²) in [5.41, 5.74) is -4.89. The molecule has 170 valence electrons. The Labute approximate surface area is 173 Å². The minimum atomic E-state index is -1.01. The van der Waals surface area contributed by atoms with E-state index in [0.29, 0.717) is 19.3 Å². The molecule has 0 amide bonds. The molecule has 0 atom stereocenters. The van der Waals surface area contributed by atoms with Crippen LogP contribution in [0.4, 0.5) is 0 Å². The first-order chi connectivity index (χ1) is 12.0. The Bertz CT molecular complexity index is 388. The van der Waals surface area contributed by atoms with Crippen LogP contribution in [0, 0.1) is 17.8 Å². The summed E-state index contributed by atoms with van der Waals surface area (Å²) in [6.07, 6.45) is 3.33. The fourth-order valence-corrected chi connectivity index (χ4v) is 5.00. The van der Waals surface area contributed by atoms with Crippen molar-refractivity contribution in [3.8, 4) is 0 Å². The summed E-state index contributed by atoms with van der Waals surface area (Å²) in [6, 6.07) is 0. The highest BCUT2D eigenvalue weighted by Gasteiger charge is 2.40. The van der Waals surface area contributed by atoms with Crippen LogP contribution in [0.3, 0.4) is 0 Å². The van der Waals surface area contributed by atoms with E-state index in [9.17, 15) is 25.5 Å². The SMILES string of the molecule is CC(C)(O)CC(CCC(C(C)(C)O)C(C)(C)O)CCC(C(C)(C)O)C(C)(C)O. The first kappa shape index (κ1) is 27.8. The standard InChI is InChI=1S/C23H48O5/c1-19(2,24)15-16(11-13-17(20(3,4)25)21(5,6)26)12-14-18(22(7,8)27)23(9,10)28/h16-18,24-28H,11-15H2,1-10H3. The lowest BCUT2D eigenvalue weighted by molar-refractivity contribution is -0.0997. The van der Waals surface area contributed by atoms with Gasteiger partial charge >= 0.3 is 0 Å². The number of hydrogen-bond donors (Lipinski definition) is 5. The predicted molar refractivity (Wildman–Crippen MR) is 115 cm³/mol. The van der Waals surface area contributed by atoms with Crippen molar-refractivity contribution >= 4 is 0 Å². The van der Waals surface area contributed by atoms with Crippen LogP contribution in [0.25, 0.3) is 0 Å². The Kier molecular flexibility index (Phi) is 9.23. The number of hydrogen-bond acceptors (Lipinski definition) is 5. The molecule has 0 unspecified atom stereocenters. The summed E-state index contributed by atoms with van der Waals surface area (Å²) in [6.45, 7) is 17.3. The van der Waals surface area contributed by atoms with Crippen molar-refractivity contribution in [3.05, 3.63) is 0 Å². The second kappa shape index (κ2) is 9.30. The fraction of sp³-hybridized carbons (Fsp3) is 1.00. The van der Waals surface area contributed by atoms with Gasteiger partial charge in [0.05, 0.1) is 28.0 Å². The number of rotatable bonds is 12. The Morgan fingerprint density at radius 1 is 0.464 bits per heavy atom. The van der Waals surface area contributed by atoms with Crippen molar-refractivity contribution < 1.29 is 25.5 Å². The maximum Gasteiger partial charge on any atom is 0.0646 e. The van der Waals surface area contributed by atoms with Gasteiger partial charge < -0.3 is 25.5 Å². The summed E-state index contributed by atoms with van der Waals surface area (Å²) in [4.78, 5) is 0. The van der Waals surface area contributed by atoms with E-state index in [-0.39, 0.29) is 17.8 Å². The third-order valence-electron chi connectivity index (χ3n) is 5.93. The van der Waals surface area contributed by atoms with Gasteiger partial charge in [0.1, 0.15) is 0 Å². The zero-order chi connectivity index (χ0) is 22.8. The van der Waals surface area contributed by atoms with Gasteiger partial charge in [-0.25, -0.2) is 0 Å². The molecule has 0 heterocycles. The highest BCUT2D eigenvalue weighted by molar-refractivity contribution is 4.92. The molecule has 0 fully saturated rings. The fourth-order valence-electron chi connectivity index (χ4n) is 5.00. The Balaban J connectivity index is 5.35. The highest BCUT2D eigenvalue weighted by atomic mass is 16.3. The molecule has 0 aliphatic carbocycles. The quantitative estimate of drug-likeness (QED) is 0.342. The van der Waals surface area contributed by atoms with Crippen LogP contribution in [0.15, 0.2) is 0 Å². The molecule has 0 aromatic carbocycles. The molecule has 0 aromatic heterocycles. The third-order valence-corrected chi connectivity index (χ3v) is 5.93. The molecule has 0 aliphatic heterocycles. The van der Waals surface area contributed by atoms with E-state index in [1.807, 2.05) is 0 Å². The van der Waals surface area contributed by atoms with Crippen LogP contribution in [-0.2, 0) is 0 Å². The third kappa shape index (κ3) is 10.5. The lowest BCUT2D eigenvalue weighted by Gasteiger charge is -2.41. The second-order valence-electron chi connectivity index (χ2n) is 11.8. The van der Waals surface area contributed by atoms with E-state index in [4.69, 9.17) is 0 Å². The molecular formula is C23H48O5. The zero-order valence-corrected chi connectivity index (χ0v) is 20.0. The van der Waals surface area contributed by atoms with E-state index in [1.54, 1.807) is 69.2 Å². The molecule has 0 aromatic rings. The van der Waals surface area contributed by atoms with Crippen LogP contribution in [0.2, 0.25) is 0 Å². The molecule has 0 saturated carbocycles. The summed E-state index contributed by atoms with van der Waals surface area (Å²) < 4.78 is 0. The summed E-state index contributed by atoms with van der Waals surface area (Å²) in [7, 11) is 0. The van der Waals surface area contributed by atoms with Crippen molar-refractivity contribution in [2.45, 2.75) is 129 Å². The van der Waals surface area contributed by atoms with E-state index < -0.39 is 28.0 Å². The van der Waals surface area contributed by atoms with Crippen molar-refractivity contribution in [2.75, 3.05) is 0 Å². The molecule has 5 nitrogen and oxygen atoms in total. The Hall–Kier alpha value is -0.200. The average molecular weight is 405 g/mol. The first-order valence-electron chi connectivity index (χ1n) is 10.7. The van der Waals surface area contributed by atoms with Crippen molar-refractivity contribution in [1.29, 1.82) is 0 Å². The van der Waals surface area contributed by atoms with E-state index in [2.05, 4.69) is 0 Å². The summed E-state index contributed by atoms with van der Waals surface area (Å²) in [5.74, 6) is -0.452. The molecule has 28 heavy (non-hydrogen) atoms. The molecule has 0 aliphatic rings. The predicted octanol–water partition coefficient (Wildman–Crippen LogP) is 3.64. The molecule has 5 heteroatoms. The second-order valence-corrected chi connectivity index (χ2v) is 11.8. The van der Waals surface area contributed by atoms with Gasteiger partial charge in [0.25, 0.3) is 0 Å². The van der Waals surface area contributed by atoms with Gasteiger partial charge in [0, 0.05) is 11.8 Å². The molecule has 5 N–H and O–H groups in total. The Morgan fingerprint density at radius 2 is 0.714 bits per heavy atom. The monoisotopic (exact) mass is 404 g/mol. The van der Waals surface area contributed by atoms with Crippen LogP contribution in [0.5, 0.6) is 0 Å². The van der Waals surface area contributed by atoms with Crippen LogP contribution < -0.4 is 0 Å². The van der Waals surface area contributed by atoms with Crippen LogP contribution in [-0.4, -0.2) is 53.5 Å². The molecular weight excluding hydrogens is 356 g/mol. The van der Waals surface area contributed by atoms with Crippen molar-refractivity contribution in [2.24, 2.45) is 17.8 Å². The van der Waals surface area contributed by atoms with Gasteiger partial charge in [-0.05, 0) is 107 Å². The maximum absolute atomic E-state index is 10.5. The average Bonchev–Trinajstić information content (AvgIpc) is 2.29. The van der Waals surface area contributed by atoms with Gasteiger partial charge in [0.15, 0.2) is 0 Å². The van der Waals surface area contributed by atoms with Gasteiger partial charge in [-0.2, -0.15) is 0 Å². The molecule has 0 saturated heterocycles. The smallest absolute Gasteiger partial charge is 0.0646 e. The molecule has 0 radical (unpaired) electrons. The van der Waals surface area contributed by atoms with Crippen LogP contribution >= 0.6 is 0 Å². The van der Waals surface area contributed by atoms with E-state index >= 15 is 0 Å². The highest BCUT2D eigenvalue weighted by Crippen LogP contribution is 2.38. The zero-order valence-electron chi connectivity index (χ0n) is 20.0. The molecule has 0 rings (SSSR count). The van der Waals surface area contributed by atoms with Gasteiger partial charge in [-0.1, -0.05) is 0 Å². The van der Waals surface area contributed by atoms with Crippen LogP contribution in [0.1, 0.15) is 101 Å². The van der Waals surface area contributed by atoms with Gasteiger partial charge in [-0.3, -0.25) is 0 Å².